The highest BCUT2D eigenvalue weighted by atomic mass is 35.5. The molecular formula is C19H23ClN2O4. The van der Waals surface area contributed by atoms with Crippen LogP contribution in [0.3, 0.4) is 0 Å². The van der Waals surface area contributed by atoms with Gasteiger partial charge >= 0.3 is 0 Å². The Kier molecular flexibility index (Phi) is 5.71. The second-order valence-corrected chi connectivity index (χ2v) is 6.86. The van der Waals surface area contributed by atoms with E-state index in [9.17, 15) is 4.79 Å². The zero-order valence-electron chi connectivity index (χ0n) is 15.1. The molecule has 0 spiro atoms. The number of rotatable bonds is 7. The summed E-state index contributed by atoms with van der Waals surface area (Å²) >= 11 is 6.33. The van der Waals surface area contributed by atoms with Gasteiger partial charge in [0.2, 0.25) is 5.91 Å². The molecule has 1 aromatic carbocycles. The number of carbonyl (C=O) groups is 1. The lowest BCUT2D eigenvalue weighted by Crippen LogP contribution is -2.32. The van der Waals surface area contributed by atoms with Gasteiger partial charge in [0.25, 0.3) is 0 Å². The van der Waals surface area contributed by atoms with E-state index >= 15 is 0 Å². The van der Waals surface area contributed by atoms with Crippen molar-refractivity contribution in [1.82, 2.24) is 10.5 Å². The minimum absolute atomic E-state index is 0.0855. The van der Waals surface area contributed by atoms with E-state index < -0.39 is 0 Å². The molecule has 1 aliphatic carbocycles. The molecule has 6 nitrogen and oxygen atoms in total. The normalized spacial score (nSPS) is 20.2. The molecule has 1 aliphatic rings. The molecule has 1 atom stereocenters. The summed E-state index contributed by atoms with van der Waals surface area (Å²) in [5.41, 5.74) is 0.895. The zero-order chi connectivity index (χ0) is 18.7. The van der Waals surface area contributed by atoms with Gasteiger partial charge < -0.3 is 19.3 Å². The molecule has 1 aromatic heterocycles. The van der Waals surface area contributed by atoms with E-state index in [1.54, 1.807) is 0 Å². The van der Waals surface area contributed by atoms with E-state index in [-0.39, 0.29) is 24.0 Å². The van der Waals surface area contributed by atoms with Crippen LogP contribution < -0.4 is 14.8 Å². The third kappa shape index (κ3) is 4.12. The van der Waals surface area contributed by atoms with E-state index in [0.29, 0.717) is 28.9 Å². The Morgan fingerprint density at radius 2 is 2.15 bits per heavy atom. The van der Waals surface area contributed by atoms with Crippen molar-refractivity contribution < 1.29 is 18.8 Å². The van der Waals surface area contributed by atoms with Gasteiger partial charge in [0.05, 0.1) is 18.3 Å². The summed E-state index contributed by atoms with van der Waals surface area (Å²) in [4.78, 5) is 11.1. The maximum atomic E-state index is 11.1. The number of nitrogens with one attached hydrogen (secondary N) is 1. The Bertz CT molecular complexity index is 771. The van der Waals surface area contributed by atoms with Crippen molar-refractivity contribution in [1.29, 1.82) is 0 Å². The molecule has 1 N–H and O–H groups in total. The van der Waals surface area contributed by atoms with Crippen LogP contribution in [0.1, 0.15) is 57.0 Å². The Balaban J connectivity index is 1.56. The van der Waals surface area contributed by atoms with Gasteiger partial charge in [-0.05, 0) is 38.8 Å². The summed E-state index contributed by atoms with van der Waals surface area (Å²) in [6.07, 6.45) is 1.77. The number of halogens is 1. The summed E-state index contributed by atoms with van der Waals surface area (Å²) in [5, 5.41) is 7.43. The third-order valence-corrected chi connectivity index (χ3v) is 4.80. The van der Waals surface area contributed by atoms with Gasteiger partial charge in [-0.1, -0.05) is 22.8 Å². The van der Waals surface area contributed by atoms with Crippen LogP contribution in [0.15, 0.2) is 28.8 Å². The lowest BCUT2D eigenvalue weighted by atomic mass is 9.80. The minimum Gasteiger partial charge on any atom is -0.492 e. The first kappa shape index (κ1) is 18.6. The van der Waals surface area contributed by atoms with Gasteiger partial charge in [-0.25, -0.2) is 0 Å². The second kappa shape index (κ2) is 7.99. The molecule has 0 unspecified atom stereocenters. The van der Waals surface area contributed by atoms with Crippen molar-refractivity contribution in [3.8, 4) is 11.5 Å². The summed E-state index contributed by atoms with van der Waals surface area (Å²) in [5.74, 6) is 2.12. The van der Waals surface area contributed by atoms with E-state index in [0.717, 1.165) is 18.5 Å². The topological polar surface area (TPSA) is 73.6 Å². The number of amides is 1. The van der Waals surface area contributed by atoms with Crippen LogP contribution in [0.2, 0.25) is 5.02 Å². The van der Waals surface area contributed by atoms with Gasteiger partial charge in [-0.3, -0.25) is 4.79 Å². The van der Waals surface area contributed by atoms with Crippen LogP contribution in [-0.4, -0.2) is 23.8 Å². The number of ether oxygens (including phenoxy) is 2. The standard InChI is InChI=1S/C19H23ClN2O4/c1-4-24-16-6-5-7-17(19(16)20)25-14-8-13(9-14)15-10-18(26-22-15)11(2)21-12(3)23/h5-7,10-11,13-14H,4,8-9H2,1-3H3,(H,21,23)/t11-,13?,14?/m0/s1. The molecule has 1 fully saturated rings. The smallest absolute Gasteiger partial charge is 0.217 e. The third-order valence-electron chi connectivity index (χ3n) is 4.43. The highest BCUT2D eigenvalue weighted by Crippen LogP contribution is 2.42. The van der Waals surface area contributed by atoms with Crippen molar-refractivity contribution in [3.63, 3.8) is 0 Å². The van der Waals surface area contributed by atoms with Crippen LogP contribution >= 0.6 is 11.6 Å². The fourth-order valence-electron chi connectivity index (χ4n) is 3.01. The van der Waals surface area contributed by atoms with E-state index in [2.05, 4.69) is 10.5 Å². The van der Waals surface area contributed by atoms with Crippen molar-refractivity contribution in [2.75, 3.05) is 6.61 Å². The molecule has 1 amide bonds. The van der Waals surface area contributed by atoms with Gasteiger partial charge in [-0.15, -0.1) is 0 Å². The van der Waals surface area contributed by atoms with Gasteiger partial charge in [0, 0.05) is 18.9 Å². The fraction of sp³-hybridized carbons (Fsp3) is 0.474. The highest BCUT2D eigenvalue weighted by molar-refractivity contribution is 6.33. The van der Waals surface area contributed by atoms with Crippen molar-refractivity contribution in [2.24, 2.45) is 0 Å². The van der Waals surface area contributed by atoms with Gasteiger partial charge in [0.1, 0.15) is 22.6 Å². The number of carbonyl (C=O) groups excluding carboxylic acids is 1. The number of benzene rings is 1. The Morgan fingerprint density at radius 1 is 1.42 bits per heavy atom. The first-order valence-corrected chi connectivity index (χ1v) is 9.17. The Hall–Kier alpha value is -2.21. The van der Waals surface area contributed by atoms with Crippen LogP contribution in [0.25, 0.3) is 0 Å². The lowest BCUT2D eigenvalue weighted by Gasteiger charge is -2.34. The maximum absolute atomic E-state index is 11.1. The molecule has 0 radical (unpaired) electrons. The molecular weight excluding hydrogens is 356 g/mol. The first-order chi connectivity index (χ1) is 12.5. The number of nitrogens with zero attached hydrogens (tertiary/aromatic N) is 1. The van der Waals surface area contributed by atoms with Gasteiger partial charge in [-0.2, -0.15) is 0 Å². The lowest BCUT2D eigenvalue weighted by molar-refractivity contribution is -0.119. The highest BCUT2D eigenvalue weighted by Gasteiger charge is 2.35. The average molecular weight is 379 g/mol. The Labute approximate surface area is 157 Å². The molecule has 0 saturated heterocycles. The predicted molar refractivity (Wildman–Crippen MR) is 97.7 cm³/mol. The van der Waals surface area contributed by atoms with Gasteiger partial charge in [0.15, 0.2) is 5.76 Å². The van der Waals surface area contributed by atoms with Crippen LogP contribution in [-0.2, 0) is 4.79 Å². The summed E-state index contributed by atoms with van der Waals surface area (Å²) < 4.78 is 16.8. The summed E-state index contributed by atoms with van der Waals surface area (Å²) in [7, 11) is 0. The summed E-state index contributed by atoms with van der Waals surface area (Å²) in [6.45, 7) is 5.82. The maximum Gasteiger partial charge on any atom is 0.217 e. The number of hydrogen-bond acceptors (Lipinski definition) is 5. The largest absolute Gasteiger partial charge is 0.492 e. The predicted octanol–water partition coefficient (Wildman–Crippen LogP) is 4.25. The van der Waals surface area contributed by atoms with Crippen molar-refractivity contribution >= 4 is 17.5 Å². The first-order valence-electron chi connectivity index (χ1n) is 8.79. The van der Waals surface area contributed by atoms with Crippen LogP contribution in [0, 0.1) is 0 Å². The van der Waals surface area contributed by atoms with Crippen molar-refractivity contribution in [3.05, 3.63) is 40.7 Å². The monoisotopic (exact) mass is 378 g/mol. The zero-order valence-corrected chi connectivity index (χ0v) is 15.9. The molecule has 1 saturated carbocycles. The number of hydrogen-bond donors (Lipinski definition) is 1. The Morgan fingerprint density at radius 3 is 2.85 bits per heavy atom. The summed E-state index contributed by atoms with van der Waals surface area (Å²) in [6, 6.07) is 7.26. The molecule has 140 valence electrons. The molecule has 0 bridgehead atoms. The quantitative estimate of drug-likeness (QED) is 0.779. The SMILES string of the molecule is CCOc1cccc(OC2CC(c3cc([C@H](C)NC(C)=O)on3)C2)c1Cl. The molecule has 2 aromatic rings. The average Bonchev–Trinajstić information content (AvgIpc) is 3.03. The van der Waals surface area contributed by atoms with Crippen LogP contribution in [0.4, 0.5) is 0 Å². The van der Waals surface area contributed by atoms with E-state index in [1.807, 2.05) is 38.1 Å². The molecule has 3 rings (SSSR count). The molecule has 7 heteroatoms. The minimum atomic E-state index is -0.194. The van der Waals surface area contributed by atoms with E-state index in [4.69, 9.17) is 25.6 Å². The fourth-order valence-corrected chi connectivity index (χ4v) is 3.23. The van der Waals surface area contributed by atoms with Crippen molar-refractivity contribution in [2.45, 2.75) is 51.7 Å². The number of aromatic nitrogens is 1. The molecule has 1 heterocycles. The van der Waals surface area contributed by atoms with E-state index in [1.165, 1.54) is 6.92 Å². The molecule has 26 heavy (non-hydrogen) atoms. The van der Waals surface area contributed by atoms with Crippen LogP contribution in [0.5, 0.6) is 11.5 Å². The molecule has 0 aliphatic heterocycles. The second-order valence-electron chi connectivity index (χ2n) is 6.49.